The molecule has 0 aromatic carbocycles. The van der Waals surface area contributed by atoms with Crippen molar-refractivity contribution >= 4 is 29.4 Å². The van der Waals surface area contributed by atoms with Crippen molar-refractivity contribution in [2.75, 3.05) is 26.0 Å². The van der Waals surface area contributed by atoms with Crippen LogP contribution in [0.25, 0.3) is 0 Å². The van der Waals surface area contributed by atoms with Gasteiger partial charge in [-0.25, -0.2) is 14.8 Å². The lowest BCUT2D eigenvalue weighted by molar-refractivity contribution is -0.131. The molecule has 0 aliphatic heterocycles. The van der Waals surface area contributed by atoms with E-state index >= 15 is 0 Å². The number of nitrogens with zero attached hydrogens (tertiary/aromatic N) is 3. The van der Waals surface area contributed by atoms with E-state index in [2.05, 4.69) is 20.6 Å². The standard InChI is InChI=1S/C16H26ClN5O3/c1-16(2,3)25-15(24)20-11(13(23)22(4)5)7-6-9-18-12-8-10-19-14(17)21-12/h8,10-11H,6-7,9H2,1-5H3,(H,20,24)(H,18,19,21). The summed E-state index contributed by atoms with van der Waals surface area (Å²) >= 11 is 5.72. The van der Waals surface area contributed by atoms with E-state index in [4.69, 9.17) is 16.3 Å². The number of carbonyl (C=O) groups excluding carboxylic acids is 2. The Morgan fingerprint density at radius 1 is 1.36 bits per heavy atom. The van der Waals surface area contributed by atoms with Gasteiger partial charge < -0.3 is 20.3 Å². The lowest BCUT2D eigenvalue weighted by atomic mass is 10.1. The van der Waals surface area contributed by atoms with E-state index in [-0.39, 0.29) is 11.2 Å². The highest BCUT2D eigenvalue weighted by Gasteiger charge is 2.25. The molecule has 2 amide bonds. The van der Waals surface area contributed by atoms with Crippen LogP contribution in [0.1, 0.15) is 33.6 Å². The second-order valence-electron chi connectivity index (χ2n) is 6.71. The Balaban J connectivity index is 2.53. The molecule has 140 valence electrons. The van der Waals surface area contributed by atoms with E-state index in [9.17, 15) is 9.59 Å². The molecule has 1 aromatic heterocycles. The van der Waals surface area contributed by atoms with E-state index in [0.29, 0.717) is 25.2 Å². The van der Waals surface area contributed by atoms with Gasteiger partial charge in [0, 0.05) is 26.8 Å². The lowest BCUT2D eigenvalue weighted by Crippen LogP contribution is -2.47. The Morgan fingerprint density at radius 2 is 2.04 bits per heavy atom. The zero-order valence-electron chi connectivity index (χ0n) is 15.3. The molecule has 0 bridgehead atoms. The summed E-state index contributed by atoms with van der Waals surface area (Å²) < 4.78 is 5.22. The van der Waals surface area contributed by atoms with Crippen molar-refractivity contribution in [2.45, 2.75) is 45.3 Å². The number of hydrogen-bond acceptors (Lipinski definition) is 6. The molecule has 8 nitrogen and oxygen atoms in total. The molecule has 1 heterocycles. The van der Waals surface area contributed by atoms with Crippen LogP contribution in [0.4, 0.5) is 10.6 Å². The molecule has 0 fully saturated rings. The molecule has 0 aliphatic rings. The molecule has 25 heavy (non-hydrogen) atoms. The van der Waals surface area contributed by atoms with Gasteiger partial charge in [-0.15, -0.1) is 0 Å². The van der Waals surface area contributed by atoms with Gasteiger partial charge in [0.1, 0.15) is 17.5 Å². The first-order chi connectivity index (χ1) is 11.6. The van der Waals surface area contributed by atoms with Crippen LogP contribution in [0.5, 0.6) is 0 Å². The summed E-state index contributed by atoms with van der Waals surface area (Å²) in [5.41, 5.74) is -0.621. The highest BCUT2D eigenvalue weighted by molar-refractivity contribution is 6.28. The van der Waals surface area contributed by atoms with Crippen LogP contribution < -0.4 is 10.6 Å². The number of halogens is 1. The first kappa shape index (κ1) is 21.0. The van der Waals surface area contributed by atoms with Crippen LogP contribution in [-0.4, -0.2) is 59.2 Å². The van der Waals surface area contributed by atoms with Gasteiger partial charge in [0.2, 0.25) is 11.2 Å². The number of hydrogen-bond donors (Lipinski definition) is 2. The Morgan fingerprint density at radius 3 is 2.60 bits per heavy atom. The summed E-state index contributed by atoms with van der Waals surface area (Å²) in [6.45, 7) is 5.88. The molecule has 0 radical (unpaired) electrons. The van der Waals surface area contributed by atoms with Crippen LogP contribution in [0.15, 0.2) is 12.3 Å². The van der Waals surface area contributed by atoms with Gasteiger partial charge in [0.05, 0.1) is 0 Å². The molecule has 1 rings (SSSR count). The third kappa shape index (κ3) is 8.53. The van der Waals surface area contributed by atoms with Crippen LogP contribution >= 0.6 is 11.6 Å². The van der Waals surface area contributed by atoms with Gasteiger partial charge in [0.25, 0.3) is 0 Å². The predicted molar refractivity (Wildman–Crippen MR) is 96.6 cm³/mol. The van der Waals surface area contributed by atoms with Crippen molar-refractivity contribution in [1.82, 2.24) is 20.2 Å². The van der Waals surface area contributed by atoms with Crippen LogP contribution in [-0.2, 0) is 9.53 Å². The van der Waals surface area contributed by atoms with E-state index in [1.165, 1.54) is 4.90 Å². The zero-order valence-corrected chi connectivity index (χ0v) is 16.1. The average molecular weight is 372 g/mol. The molecule has 0 saturated carbocycles. The van der Waals surface area contributed by atoms with Crippen LogP contribution in [0, 0.1) is 0 Å². The summed E-state index contributed by atoms with van der Waals surface area (Å²) in [5.74, 6) is 0.423. The number of rotatable bonds is 7. The zero-order chi connectivity index (χ0) is 19.0. The average Bonchev–Trinajstić information content (AvgIpc) is 2.47. The molecule has 2 N–H and O–H groups in total. The Hall–Kier alpha value is -2.09. The van der Waals surface area contributed by atoms with Gasteiger partial charge >= 0.3 is 6.09 Å². The minimum Gasteiger partial charge on any atom is -0.444 e. The van der Waals surface area contributed by atoms with Gasteiger partial charge in [-0.05, 0) is 51.3 Å². The third-order valence-electron chi connectivity index (χ3n) is 3.03. The summed E-state index contributed by atoms with van der Waals surface area (Å²) in [5, 5.41) is 5.90. The fourth-order valence-corrected chi connectivity index (χ4v) is 2.12. The van der Waals surface area contributed by atoms with Gasteiger partial charge in [-0.1, -0.05) is 0 Å². The maximum atomic E-state index is 12.3. The minimum absolute atomic E-state index is 0.164. The topological polar surface area (TPSA) is 96.5 Å². The van der Waals surface area contributed by atoms with E-state index in [1.54, 1.807) is 47.1 Å². The summed E-state index contributed by atoms with van der Waals surface area (Å²) in [7, 11) is 3.29. The predicted octanol–water partition coefficient (Wildman–Crippen LogP) is 2.30. The number of likely N-dealkylation sites (N-methyl/N-ethyl adjacent to an activating group) is 1. The van der Waals surface area contributed by atoms with E-state index in [1.807, 2.05) is 0 Å². The summed E-state index contributed by atoms with van der Waals surface area (Å²) in [4.78, 5) is 33.5. The van der Waals surface area contributed by atoms with Crippen molar-refractivity contribution in [2.24, 2.45) is 0 Å². The smallest absolute Gasteiger partial charge is 0.408 e. The van der Waals surface area contributed by atoms with Crippen molar-refractivity contribution in [1.29, 1.82) is 0 Å². The van der Waals surface area contributed by atoms with Gasteiger partial charge in [0.15, 0.2) is 0 Å². The second-order valence-corrected chi connectivity index (χ2v) is 7.05. The van der Waals surface area contributed by atoms with Gasteiger partial charge in [-0.2, -0.15) is 0 Å². The normalized spacial score (nSPS) is 12.2. The molecule has 0 spiro atoms. The van der Waals surface area contributed by atoms with E-state index < -0.39 is 17.7 Å². The fraction of sp³-hybridized carbons (Fsp3) is 0.625. The van der Waals surface area contributed by atoms with E-state index in [0.717, 1.165) is 0 Å². The van der Waals surface area contributed by atoms with Crippen LogP contribution in [0.3, 0.4) is 0 Å². The Kier molecular flexibility index (Phi) is 7.89. The van der Waals surface area contributed by atoms with Crippen molar-refractivity contribution < 1.29 is 14.3 Å². The highest BCUT2D eigenvalue weighted by atomic mass is 35.5. The second kappa shape index (κ2) is 9.41. The minimum atomic E-state index is -0.652. The number of aromatic nitrogens is 2. The highest BCUT2D eigenvalue weighted by Crippen LogP contribution is 2.09. The molecular formula is C16H26ClN5O3. The number of anilines is 1. The molecule has 9 heteroatoms. The number of nitrogens with one attached hydrogen (secondary N) is 2. The van der Waals surface area contributed by atoms with Crippen molar-refractivity contribution in [3.63, 3.8) is 0 Å². The number of alkyl carbamates (subject to hydrolysis) is 1. The summed E-state index contributed by atoms with van der Waals surface area (Å²) in [6, 6.07) is 1.05. The lowest BCUT2D eigenvalue weighted by Gasteiger charge is -2.25. The van der Waals surface area contributed by atoms with Crippen molar-refractivity contribution in [3.05, 3.63) is 17.5 Å². The molecule has 1 atom stereocenters. The van der Waals surface area contributed by atoms with Gasteiger partial charge in [-0.3, -0.25) is 4.79 Å². The quantitative estimate of drug-likeness (QED) is 0.564. The third-order valence-corrected chi connectivity index (χ3v) is 3.21. The number of ether oxygens (including phenoxy) is 1. The maximum Gasteiger partial charge on any atom is 0.408 e. The number of carbonyl (C=O) groups is 2. The SMILES string of the molecule is CN(C)C(=O)C(CCCNc1ccnc(Cl)n1)NC(=O)OC(C)(C)C. The fourth-order valence-electron chi connectivity index (χ4n) is 1.97. The first-order valence-corrected chi connectivity index (χ1v) is 8.39. The Bertz CT molecular complexity index is 589. The molecule has 0 aliphatic carbocycles. The first-order valence-electron chi connectivity index (χ1n) is 8.01. The molecular weight excluding hydrogens is 346 g/mol. The number of amides is 2. The van der Waals surface area contributed by atoms with Crippen molar-refractivity contribution in [3.8, 4) is 0 Å². The molecule has 1 unspecified atom stereocenters. The Labute approximate surface area is 153 Å². The largest absolute Gasteiger partial charge is 0.444 e. The summed E-state index contributed by atoms with van der Waals surface area (Å²) in [6.07, 6.45) is 2.05. The monoisotopic (exact) mass is 371 g/mol. The maximum absolute atomic E-state index is 12.3. The molecule has 0 saturated heterocycles. The van der Waals surface area contributed by atoms with Crippen LogP contribution in [0.2, 0.25) is 5.28 Å². The molecule has 1 aromatic rings.